The highest BCUT2D eigenvalue weighted by atomic mass is 19.4. The summed E-state index contributed by atoms with van der Waals surface area (Å²) < 4.78 is 144. The number of carboxylic acid groups (broad SMARTS) is 1. The zero-order valence-corrected chi connectivity index (χ0v) is 31.7. The molecule has 1 aliphatic rings. The lowest BCUT2D eigenvalue weighted by Crippen LogP contribution is -2.36. The van der Waals surface area contributed by atoms with Crippen LogP contribution in [-0.2, 0) is 52.5 Å². The topological polar surface area (TPSA) is 97.3 Å². The minimum absolute atomic E-state index is 0.00612. The monoisotopic (exact) mass is 828 g/mol. The van der Waals surface area contributed by atoms with Crippen molar-refractivity contribution in [3.63, 3.8) is 0 Å². The Kier molecular flexibility index (Phi) is 13.8. The number of carboxylic acids is 1. The Morgan fingerprint density at radius 2 is 1.45 bits per heavy atom. The highest BCUT2D eigenvalue weighted by Crippen LogP contribution is 2.42. The number of hydrogen-bond donors (Lipinski definition) is 1. The zero-order chi connectivity index (χ0) is 42.4. The maximum Gasteiger partial charge on any atom is 0.416 e. The molecule has 1 saturated heterocycles. The molecule has 1 fully saturated rings. The maximum absolute atomic E-state index is 14.3. The van der Waals surface area contributed by atoms with Crippen LogP contribution in [0.1, 0.15) is 71.6 Å². The summed E-state index contributed by atoms with van der Waals surface area (Å²) in [6.45, 7) is 4.48. The van der Waals surface area contributed by atoms with Crippen LogP contribution in [0.25, 0.3) is 11.1 Å². The number of hydrogen-bond acceptors (Lipinski definition) is 8. The molecule has 58 heavy (non-hydrogen) atoms. The van der Waals surface area contributed by atoms with Gasteiger partial charge in [-0.25, -0.2) is 9.97 Å². The van der Waals surface area contributed by atoms with Gasteiger partial charge in [0.05, 0.1) is 61.7 Å². The van der Waals surface area contributed by atoms with Crippen molar-refractivity contribution in [2.45, 2.75) is 70.8 Å². The summed E-state index contributed by atoms with van der Waals surface area (Å²) in [5, 5.41) is 8.99. The standard InChI is InChI=1S/C40H41F9N4O5/c1-24(2)26-15-28(23-58-10-4-5-35(54)55)36(56-3)34(17-26)33-7-6-29(38(41,42)43)16-27(33)22-53(37-50-19-32(20-51-37)52-8-11-57-12-9-52)21-25-13-30(39(44,45)46)18-31(14-25)40(47,48)49/h6-7,13-20,24H,4-5,8-12,21-23H2,1-3H3,(H,54,55). The fourth-order valence-corrected chi connectivity index (χ4v) is 6.46. The number of aliphatic carboxylic acids is 1. The number of ether oxygens (including phenoxy) is 3. The number of nitrogens with zero attached hydrogens (tertiary/aromatic N) is 4. The number of carbonyl (C=O) groups is 1. The Morgan fingerprint density at radius 1 is 0.828 bits per heavy atom. The summed E-state index contributed by atoms with van der Waals surface area (Å²) in [5.74, 6) is -1.05. The van der Waals surface area contributed by atoms with Gasteiger partial charge in [-0.3, -0.25) is 4.79 Å². The van der Waals surface area contributed by atoms with Crippen LogP contribution in [0.5, 0.6) is 5.75 Å². The fraction of sp³-hybridized carbons (Fsp3) is 0.425. The normalized spacial score (nSPS) is 13.9. The van der Waals surface area contributed by atoms with Crippen LogP contribution in [-0.4, -0.2) is 61.1 Å². The first-order valence-electron chi connectivity index (χ1n) is 18.1. The van der Waals surface area contributed by atoms with E-state index in [1.807, 2.05) is 18.7 Å². The van der Waals surface area contributed by atoms with Gasteiger partial charge in [-0.05, 0) is 77.1 Å². The van der Waals surface area contributed by atoms with E-state index in [-0.39, 0.29) is 60.9 Å². The van der Waals surface area contributed by atoms with Gasteiger partial charge in [0, 0.05) is 50.3 Å². The van der Waals surface area contributed by atoms with E-state index in [1.54, 1.807) is 12.1 Å². The van der Waals surface area contributed by atoms with Gasteiger partial charge in [0.1, 0.15) is 5.75 Å². The summed E-state index contributed by atoms with van der Waals surface area (Å²) in [7, 11) is 1.35. The second-order valence-corrected chi connectivity index (χ2v) is 13.9. The van der Waals surface area contributed by atoms with E-state index in [1.165, 1.54) is 30.5 Å². The Labute approximate surface area is 328 Å². The fourth-order valence-electron chi connectivity index (χ4n) is 6.46. The summed E-state index contributed by atoms with van der Waals surface area (Å²) >= 11 is 0. The lowest BCUT2D eigenvalue weighted by molar-refractivity contribution is -0.143. The molecule has 3 aromatic carbocycles. The first-order valence-corrected chi connectivity index (χ1v) is 18.1. The van der Waals surface area contributed by atoms with Gasteiger partial charge in [-0.15, -0.1) is 0 Å². The highest BCUT2D eigenvalue weighted by molar-refractivity contribution is 5.77. The van der Waals surface area contributed by atoms with Gasteiger partial charge in [-0.1, -0.05) is 19.9 Å². The molecule has 0 aliphatic carbocycles. The molecule has 0 unspecified atom stereocenters. The molecule has 0 atom stereocenters. The summed E-state index contributed by atoms with van der Waals surface area (Å²) in [5.41, 5.74) is -2.29. The molecule has 2 heterocycles. The van der Waals surface area contributed by atoms with Gasteiger partial charge in [-0.2, -0.15) is 39.5 Å². The number of benzene rings is 3. The van der Waals surface area contributed by atoms with Gasteiger partial charge in [0.25, 0.3) is 0 Å². The first kappa shape index (κ1) is 44.0. The van der Waals surface area contributed by atoms with Crippen molar-refractivity contribution >= 4 is 17.6 Å². The van der Waals surface area contributed by atoms with Crippen molar-refractivity contribution in [3.8, 4) is 16.9 Å². The predicted octanol–water partition coefficient (Wildman–Crippen LogP) is 9.76. The number of rotatable bonds is 15. The van der Waals surface area contributed by atoms with Crippen LogP contribution in [0.3, 0.4) is 0 Å². The predicted molar refractivity (Wildman–Crippen MR) is 195 cm³/mol. The van der Waals surface area contributed by atoms with Gasteiger partial charge < -0.3 is 29.1 Å². The minimum atomic E-state index is -5.15. The molecule has 0 spiro atoms. The number of methoxy groups -OCH3 is 1. The van der Waals surface area contributed by atoms with E-state index in [4.69, 9.17) is 19.3 Å². The lowest BCUT2D eigenvalue weighted by Gasteiger charge is -2.29. The average molecular weight is 829 g/mol. The summed E-state index contributed by atoms with van der Waals surface area (Å²) in [6.07, 6.45) is -12.2. The third-order valence-electron chi connectivity index (χ3n) is 9.38. The van der Waals surface area contributed by atoms with Crippen molar-refractivity contribution in [2.75, 3.05) is 49.8 Å². The second kappa shape index (κ2) is 18.2. The molecular formula is C40H41F9N4O5. The number of aromatic nitrogens is 2. The maximum atomic E-state index is 14.3. The van der Waals surface area contributed by atoms with Crippen LogP contribution in [0, 0.1) is 0 Å². The summed E-state index contributed by atoms with van der Waals surface area (Å²) in [6, 6.07) is 7.58. The largest absolute Gasteiger partial charge is 0.496 e. The van der Waals surface area contributed by atoms with Crippen LogP contribution in [0.4, 0.5) is 51.1 Å². The number of alkyl halides is 9. The second-order valence-electron chi connectivity index (χ2n) is 13.9. The van der Waals surface area contributed by atoms with E-state index < -0.39 is 59.8 Å². The van der Waals surface area contributed by atoms with Crippen molar-refractivity contribution in [3.05, 3.63) is 99.9 Å². The van der Waals surface area contributed by atoms with E-state index >= 15 is 0 Å². The molecule has 1 aliphatic heterocycles. The number of halogens is 9. The minimum Gasteiger partial charge on any atom is -0.496 e. The van der Waals surface area contributed by atoms with Crippen LogP contribution in [0.15, 0.2) is 60.9 Å². The first-order chi connectivity index (χ1) is 27.2. The van der Waals surface area contributed by atoms with Crippen LogP contribution >= 0.6 is 0 Å². The van der Waals surface area contributed by atoms with E-state index in [0.29, 0.717) is 55.3 Å². The molecule has 9 nitrogen and oxygen atoms in total. The molecule has 1 aromatic heterocycles. The van der Waals surface area contributed by atoms with E-state index in [0.717, 1.165) is 17.7 Å². The van der Waals surface area contributed by atoms with Crippen LogP contribution < -0.4 is 14.5 Å². The smallest absolute Gasteiger partial charge is 0.416 e. The molecule has 0 amide bonds. The third-order valence-corrected chi connectivity index (χ3v) is 9.38. The van der Waals surface area contributed by atoms with E-state index in [2.05, 4.69) is 9.97 Å². The molecule has 314 valence electrons. The van der Waals surface area contributed by atoms with E-state index in [9.17, 15) is 44.3 Å². The molecule has 0 bridgehead atoms. The van der Waals surface area contributed by atoms with Crippen LogP contribution in [0.2, 0.25) is 0 Å². The molecule has 4 aromatic rings. The summed E-state index contributed by atoms with van der Waals surface area (Å²) in [4.78, 5) is 22.9. The Balaban J connectivity index is 1.66. The average Bonchev–Trinajstić information content (AvgIpc) is 3.16. The van der Waals surface area contributed by atoms with Gasteiger partial charge in [0.15, 0.2) is 0 Å². The van der Waals surface area contributed by atoms with Crippen molar-refractivity contribution < 1.29 is 63.6 Å². The van der Waals surface area contributed by atoms with Crippen molar-refractivity contribution in [2.24, 2.45) is 0 Å². The number of morpholine rings is 1. The van der Waals surface area contributed by atoms with Gasteiger partial charge >= 0.3 is 24.5 Å². The van der Waals surface area contributed by atoms with Crippen molar-refractivity contribution in [1.82, 2.24) is 9.97 Å². The molecule has 0 saturated carbocycles. The molecule has 18 heteroatoms. The van der Waals surface area contributed by atoms with Crippen molar-refractivity contribution in [1.29, 1.82) is 0 Å². The molecule has 0 radical (unpaired) electrons. The Morgan fingerprint density at radius 3 is 2.00 bits per heavy atom. The highest BCUT2D eigenvalue weighted by Gasteiger charge is 2.37. The Bertz CT molecular complexity index is 2000. The SMILES string of the molecule is COc1c(COCCCC(=O)O)cc(C(C)C)cc1-c1ccc(C(F)(F)F)cc1CN(Cc1cc(C(F)(F)F)cc(C(F)(F)F)c1)c1ncc(N2CCOCC2)cn1. The number of anilines is 2. The quantitative estimate of drug-likeness (QED) is 0.0929. The molecule has 1 N–H and O–H groups in total. The molecule has 5 rings (SSSR count). The molecular weight excluding hydrogens is 787 g/mol. The zero-order valence-electron chi connectivity index (χ0n) is 31.7. The lowest BCUT2D eigenvalue weighted by atomic mass is 9.90. The van der Waals surface area contributed by atoms with Gasteiger partial charge in [0.2, 0.25) is 5.95 Å². The Hall–Kier alpha value is -5.10. The third kappa shape index (κ3) is 11.3.